The van der Waals surface area contributed by atoms with Crippen LogP contribution in [0.3, 0.4) is 0 Å². The lowest BCUT2D eigenvalue weighted by molar-refractivity contribution is 0.642. The lowest BCUT2D eigenvalue weighted by Crippen LogP contribution is -2.29. The second-order valence-electron chi connectivity index (χ2n) is 4.12. The van der Waals surface area contributed by atoms with E-state index in [1.165, 1.54) is 15.9 Å². The predicted molar refractivity (Wildman–Crippen MR) is 71.9 cm³/mol. The van der Waals surface area contributed by atoms with E-state index >= 15 is 0 Å². The molecule has 16 heavy (non-hydrogen) atoms. The summed E-state index contributed by atoms with van der Waals surface area (Å²) in [6.45, 7) is 4.32. The Bertz CT molecular complexity index is 431. The van der Waals surface area contributed by atoms with E-state index < -0.39 is 0 Å². The van der Waals surface area contributed by atoms with E-state index in [-0.39, 0.29) is 6.04 Å². The van der Waals surface area contributed by atoms with Gasteiger partial charge in [0.1, 0.15) is 0 Å². The van der Waals surface area contributed by atoms with Crippen LogP contribution in [0.2, 0.25) is 0 Å². The second kappa shape index (κ2) is 4.93. The van der Waals surface area contributed by atoms with Crippen molar-refractivity contribution in [2.45, 2.75) is 36.6 Å². The van der Waals surface area contributed by atoms with Crippen molar-refractivity contribution in [1.29, 1.82) is 0 Å². The minimum atomic E-state index is 0.261. The number of hydrogen-bond donors (Lipinski definition) is 2. The fourth-order valence-electron chi connectivity index (χ4n) is 1.73. The number of aromatic nitrogens is 1. The summed E-state index contributed by atoms with van der Waals surface area (Å²) >= 11 is 1.82. The summed E-state index contributed by atoms with van der Waals surface area (Å²) in [6.07, 6.45) is 1.02. The summed E-state index contributed by atoms with van der Waals surface area (Å²) in [5.74, 6) is 0. The van der Waals surface area contributed by atoms with Crippen LogP contribution < -0.4 is 5.73 Å². The van der Waals surface area contributed by atoms with Gasteiger partial charge in [0.2, 0.25) is 0 Å². The number of para-hydroxylation sites is 1. The van der Waals surface area contributed by atoms with E-state index in [2.05, 4.69) is 49.2 Å². The zero-order chi connectivity index (χ0) is 11.5. The molecule has 0 fully saturated rings. The number of fused-ring (bicyclic) bond motifs is 1. The Morgan fingerprint density at radius 2 is 2.12 bits per heavy atom. The van der Waals surface area contributed by atoms with Crippen LogP contribution in [0, 0.1) is 0 Å². The summed E-state index contributed by atoms with van der Waals surface area (Å²) in [7, 11) is 0. The number of benzene rings is 1. The Hall–Kier alpha value is -0.930. The molecule has 3 heteroatoms. The number of hydrogen-bond acceptors (Lipinski definition) is 2. The number of H-pyrrole nitrogens is 1. The van der Waals surface area contributed by atoms with Gasteiger partial charge in [-0.05, 0) is 18.6 Å². The SMILES string of the molecule is CCC(N)C(C)Sc1cc2ccccc2[nH]1. The Labute approximate surface area is 101 Å². The van der Waals surface area contributed by atoms with Gasteiger partial charge in [-0.1, -0.05) is 32.0 Å². The highest BCUT2D eigenvalue weighted by Crippen LogP contribution is 2.27. The first-order valence-electron chi connectivity index (χ1n) is 5.70. The van der Waals surface area contributed by atoms with Crippen LogP contribution in [0.5, 0.6) is 0 Å². The van der Waals surface area contributed by atoms with Crippen molar-refractivity contribution in [3.63, 3.8) is 0 Å². The molecule has 2 unspecified atom stereocenters. The molecule has 3 N–H and O–H groups in total. The number of rotatable bonds is 4. The molecule has 0 amide bonds. The number of aromatic amines is 1. The summed E-state index contributed by atoms with van der Waals surface area (Å²) in [5, 5.41) is 2.91. The summed E-state index contributed by atoms with van der Waals surface area (Å²) in [5.41, 5.74) is 7.22. The topological polar surface area (TPSA) is 41.8 Å². The molecule has 2 aromatic rings. The van der Waals surface area contributed by atoms with Gasteiger partial charge in [-0.2, -0.15) is 0 Å². The first kappa shape index (κ1) is 11.6. The van der Waals surface area contributed by atoms with Crippen LogP contribution in [-0.4, -0.2) is 16.3 Å². The third kappa shape index (κ3) is 2.42. The minimum Gasteiger partial charge on any atom is -0.350 e. The van der Waals surface area contributed by atoms with Gasteiger partial charge in [-0.3, -0.25) is 0 Å². The van der Waals surface area contributed by atoms with E-state index in [1.807, 2.05) is 11.8 Å². The molecule has 2 rings (SSSR count). The van der Waals surface area contributed by atoms with Gasteiger partial charge >= 0.3 is 0 Å². The first-order valence-corrected chi connectivity index (χ1v) is 6.58. The molecule has 2 nitrogen and oxygen atoms in total. The third-order valence-electron chi connectivity index (χ3n) is 2.89. The normalized spacial score (nSPS) is 15.2. The van der Waals surface area contributed by atoms with Crippen LogP contribution in [0.4, 0.5) is 0 Å². The molecule has 1 aromatic carbocycles. The smallest absolute Gasteiger partial charge is 0.0735 e. The highest BCUT2D eigenvalue weighted by Gasteiger charge is 2.13. The van der Waals surface area contributed by atoms with Gasteiger partial charge in [-0.25, -0.2) is 0 Å². The number of nitrogens with one attached hydrogen (secondary N) is 1. The van der Waals surface area contributed by atoms with Crippen molar-refractivity contribution in [3.8, 4) is 0 Å². The molecule has 0 saturated heterocycles. The molecule has 86 valence electrons. The molecule has 0 aliphatic rings. The zero-order valence-electron chi connectivity index (χ0n) is 9.73. The van der Waals surface area contributed by atoms with Gasteiger partial charge in [0, 0.05) is 22.2 Å². The standard InChI is InChI=1S/C13H18N2S/c1-3-11(14)9(2)16-13-8-10-6-4-5-7-12(10)15-13/h4-9,11,15H,3,14H2,1-2H3. The first-order chi connectivity index (χ1) is 7.70. The van der Waals surface area contributed by atoms with Gasteiger partial charge in [0.15, 0.2) is 0 Å². The maximum atomic E-state index is 6.02. The molecule has 0 aliphatic carbocycles. The maximum absolute atomic E-state index is 6.02. The number of nitrogens with two attached hydrogens (primary N) is 1. The number of thioether (sulfide) groups is 1. The van der Waals surface area contributed by atoms with Gasteiger partial charge in [0.25, 0.3) is 0 Å². The van der Waals surface area contributed by atoms with Crippen LogP contribution in [0.15, 0.2) is 35.4 Å². The Morgan fingerprint density at radius 3 is 2.81 bits per heavy atom. The van der Waals surface area contributed by atoms with Crippen molar-refractivity contribution >= 4 is 22.7 Å². The zero-order valence-corrected chi connectivity index (χ0v) is 10.6. The second-order valence-corrected chi connectivity index (χ2v) is 5.54. The van der Waals surface area contributed by atoms with E-state index in [0.29, 0.717) is 5.25 Å². The van der Waals surface area contributed by atoms with Crippen molar-refractivity contribution < 1.29 is 0 Å². The molecule has 1 aromatic heterocycles. The molecule has 0 spiro atoms. The van der Waals surface area contributed by atoms with Crippen molar-refractivity contribution in [2.75, 3.05) is 0 Å². The fourth-order valence-corrected chi connectivity index (χ4v) is 2.86. The monoisotopic (exact) mass is 234 g/mol. The lowest BCUT2D eigenvalue weighted by atomic mass is 10.2. The van der Waals surface area contributed by atoms with E-state index in [9.17, 15) is 0 Å². The Balaban J connectivity index is 2.15. The van der Waals surface area contributed by atoms with Crippen LogP contribution >= 0.6 is 11.8 Å². The summed E-state index contributed by atoms with van der Waals surface area (Å²) in [6, 6.07) is 10.8. The average molecular weight is 234 g/mol. The molecule has 0 saturated carbocycles. The van der Waals surface area contributed by atoms with Crippen molar-refractivity contribution in [3.05, 3.63) is 30.3 Å². The van der Waals surface area contributed by atoms with E-state index in [1.54, 1.807) is 0 Å². The molecule has 1 heterocycles. The van der Waals surface area contributed by atoms with Crippen LogP contribution in [-0.2, 0) is 0 Å². The third-order valence-corrected chi connectivity index (χ3v) is 4.09. The molecule has 0 bridgehead atoms. The van der Waals surface area contributed by atoms with E-state index in [4.69, 9.17) is 5.73 Å². The quantitative estimate of drug-likeness (QED) is 0.796. The lowest BCUT2D eigenvalue weighted by Gasteiger charge is -2.16. The predicted octanol–water partition coefficient (Wildman–Crippen LogP) is 3.39. The molecular weight excluding hydrogens is 216 g/mol. The highest BCUT2D eigenvalue weighted by atomic mass is 32.2. The van der Waals surface area contributed by atoms with Crippen LogP contribution in [0.1, 0.15) is 20.3 Å². The van der Waals surface area contributed by atoms with E-state index in [0.717, 1.165) is 6.42 Å². The van der Waals surface area contributed by atoms with Gasteiger partial charge in [0.05, 0.1) is 5.03 Å². The van der Waals surface area contributed by atoms with Crippen LogP contribution in [0.25, 0.3) is 10.9 Å². The Morgan fingerprint density at radius 1 is 1.38 bits per heavy atom. The van der Waals surface area contributed by atoms with Crippen molar-refractivity contribution in [1.82, 2.24) is 4.98 Å². The molecular formula is C13H18N2S. The minimum absolute atomic E-state index is 0.261. The molecule has 0 aliphatic heterocycles. The summed E-state index contributed by atoms with van der Waals surface area (Å²) in [4.78, 5) is 3.41. The molecule has 0 radical (unpaired) electrons. The molecule has 2 atom stereocenters. The Kier molecular flexibility index (Phi) is 3.56. The average Bonchev–Trinajstić information content (AvgIpc) is 2.69. The largest absolute Gasteiger partial charge is 0.350 e. The van der Waals surface area contributed by atoms with Gasteiger partial charge < -0.3 is 10.7 Å². The maximum Gasteiger partial charge on any atom is 0.0735 e. The summed E-state index contributed by atoms with van der Waals surface area (Å²) < 4.78 is 0. The fraction of sp³-hybridized carbons (Fsp3) is 0.385. The van der Waals surface area contributed by atoms with Gasteiger partial charge in [-0.15, -0.1) is 11.8 Å². The highest BCUT2D eigenvalue weighted by molar-refractivity contribution is 7.99. The van der Waals surface area contributed by atoms with Crippen molar-refractivity contribution in [2.24, 2.45) is 5.73 Å².